The van der Waals surface area contributed by atoms with E-state index in [0.717, 1.165) is 61.8 Å². The van der Waals surface area contributed by atoms with Crippen molar-refractivity contribution in [3.05, 3.63) is 516 Å². The Morgan fingerprint density at radius 2 is 0.363 bits per heavy atom. The number of rotatable bonds is 11. The van der Waals surface area contributed by atoms with Gasteiger partial charge in [0.05, 0.1) is 72.6 Å². The number of thiophene rings is 4. The number of hydrogen-bond donors (Lipinski definition) is 0. The van der Waals surface area contributed by atoms with Crippen LogP contribution in [0.15, 0.2) is 516 Å². The molecular weight excluding hydrogens is 1850 g/mol. The lowest BCUT2D eigenvalue weighted by atomic mass is 9.98. The molecule has 0 radical (unpaired) electrons. The molecule has 0 fully saturated rings. The molecule has 0 saturated carbocycles. The molecule has 10 heterocycles. The minimum Gasteiger partial charge on any atom is -0.309 e. The van der Waals surface area contributed by atoms with Gasteiger partial charge >= 0.3 is 0 Å². The number of benzene rings is 21. The molecule has 0 N–H and O–H groups in total. The summed E-state index contributed by atoms with van der Waals surface area (Å²) in [4.78, 5) is 15.4. The van der Waals surface area contributed by atoms with E-state index in [1.54, 1.807) is 0 Å². The first-order chi connectivity index (χ1) is 72.4. The van der Waals surface area contributed by atoms with Crippen LogP contribution in [0.5, 0.6) is 0 Å². The summed E-state index contributed by atoms with van der Waals surface area (Å²) in [6.45, 7) is 0. The Morgan fingerprint density at radius 1 is 0.123 bits per heavy atom. The topological polar surface area (TPSA) is 58.4 Å². The predicted molar refractivity (Wildman–Crippen MR) is 626 cm³/mol. The highest BCUT2D eigenvalue weighted by molar-refractivity contribution is 7.27. The molecule has 0 amide bonds. The molecule has 31 aromatic rings. The average molecular weight is 1930 g/mol. The molecule has 0 aliphatic carbocycles. The number of hydrogen-bond acceptors (Lipinski definition) is 7. The van der Waals surface area contributed by atoms with Crippen molar-refractivity contribution < 1.29 is 0 Å². The van der Waals surface area contributed by atoms with Crippen LogP contribution in [-0.2, 0) is 0 Å². The molecule has 10 aromatic heterocycles. The lowest BCUT2D eigenvalue weighted by molar-refractivity contribution is 0.996. The van der Waals surface area contributed by atoms with Crippen molar-refractivity contribution in [3.63, 3.8) is 0 Å². The van der Waals surface area contributed by atoms with Gasteiger partial charge in [-0.15, -0.1) is 45.3 Å². The first-order valence-corrected chi connectivity index (χ1v) is 52.6. The van der Waals surface area contributed by atoms with Crippen LogP contribution in [-0.4, -0.2) is 33.2 Å². The summed E-state index contributed by atoms with van der Waals surface area (Å²) in [5.74, 6) is 0.676. The van der Waals surface area contributed by atoms with E-state index in [2.05, 4.69) is 522 Å². The van der Waals surface area contributed by atoms with E-state index in [4.69, 9.17) is 15.0 Å². The molecule has 0 aliphatic heterocycles. The molecule has 684 valence electrons. The molecule has 7 nitrogen and oxygen atoms in total. The monoisotopic (exact) mass is 1930 g/mol. The van der Waals surface area contributed by atoms with Gasteiger partial charge in [0, 0.05) is 157 Å². The zero-order chi connectivity index (χ0) is 96.2. The zero-order valence-electron chi connectivity index (χ0n) is 78.8. The standard InChI is InChI=1S/C36H23NS.C35H22N2S.C34H21N3S.C30H19NS/c1-3-11-24(12-4-1)26-19-27(25-13-5-2-6-14-25)21-28(20-26)37-33-17-9-7-15-29(33)31-23-36-32(22-34(31)37)30-16-8-10-18-35(30)38-36;1-3-11-23(12-4-1)30-19-25(20-31(36-30)24-13-5-2-6-14-24)37-32-17-9-7-15-26(32)28-22-35-29(21-33(28)37)27-16-8-10-18-34(27)38-35;1-3-11-22(12-4-1)28-21-29(23-13-5-2-6-14-23)36-34(35-28)37-30-17-9-7-15-24(30)26-20-33-27(19-31(26)37)25-16-8-10-18-32(25)38-33;1-2-9-20(10-3-1)21-11-8-12-22(17-21)31-27-15-6-4-13-23(27)25-19-30-26(18-28(25)31)24-14-5-7-16-29(24)32-30/h1-23H;1-22H;1-21H;1-19H. The third-order valence-corrected chi connectivity index (χ3v) is 33.1. The SMILES string of the molecule is c1ccc(-c2cc(-c3ccccc3)cc(-n3c4ccccc4c4cc5sc6ccccc6c5cc43)c2)cc1.c1ccc(-c2cc(-c3ccccc3)nc(-n3c4ccccc4c4cc5sc6ccccc6c5cc43)n2)cc1.c1ccc(-c2cc(-n3c4ccccc4c4cc5sc6ccccc6c5cc43)cc(-c3ccccc3)n2)cc1.c1ccc(-c2cccc(-n3c4ccccc4c4cc5sc6ccccc6c5cc43)c2)cc1. The first-order valence-electron chi connectivity index (χ1n) is 49.3. The summed E-state index contributed by atoms with van der Waals surface area (Å²) in [7, 11) is 0. The quantitative estimate of drug-likeness (QED) is 0.130. The van der Waals surface area contributed by atoms with Gasteiger partial charge in [-0.25, -0.2) is 15.0 Å². The molecular formula is C135H85N7S4. The third-order valence-electron chi connectivity index (χ3n) is 28.5. The highest BCUT2D eigenvalue weighted by Gasteiger charge is 2.25. The van der Waals surface area contributed by atoms with Gasteiger partial charge in [-0.3, -0.25) is 4.57 Å². The second kappa shape index (κ2) is 36.2. The molecule has 21 aromatic carbocycles. The van der Waals surface area contributed by atoms with Crippen molar-refractivity contribution in [1.29, 1.82) is 0 Å². The maximum Gasteiger partial charge on any atom is 0.235 e. The summed E-state index contributed by atoms with van der Waals surface area (Å²) >= 11 is 7.48. The summed E-state index contributed by atoms with van der Waals surface area (Å²) < 4.78 is 20.1. The van der Waals surface area contributed by atoms with Crippen molar-refractivity contribution >= 4 is 213 Å². The van der Waals surface area contributed by atoms with Crippen LogP contribution in [0.3, 0.4) is 0 Å². The molecule has 0 bridgehead atoms. The number of fused-ring (bicyclic) bond motifs is 24. The van der Waals surface area contributed by atoms with Crippen LogP contribution < -0.4 is 0 Å². The lowest BCUT2D eigenvalue weighted by Crippen LogP contribution is -2.03. The summed E-state index contributed by atoms with van der Waals surface area (Å²) in [6.07, 6.45) is 0. The average Bonchev–Trinajstić information content (AvgIpc) is 1.53. The fourth-order valence-corrected chi connectivity index (χ4v) is 26.3. The number of nitrogens with zero attached hydrogens (tertiary/aromatic N) is 7. The van der Waals surface area contributed by atoms with Gasteiger partial charge in [0.1, 0.15) is 0 Å². The zero-order valence-corrected chi connectivity index (χ0v) is 82.1. The minimum absolute atomic E-state index is 0.676. The van der Waals surface area contributed by atoms with E-state index < -0.39 is 0 Å². The predicted octanol–water partition coefficient (Wildman–Crippen LogP) is 38.5. The van der Waals surface area contributed by atoms with Crippen molar-refractivity contribution in [2.24, 2.45) is 0 Å². The number of pyridine rings is 1. The van der Waals surface area contributed by atoms with Crippen molar-refractivity contribution in [2.75, 3.05) is 0 Å². The van der Waals surface area contributed by atoms with E-state index in [9.17, 15) is 0 Å². The Morgan fingerprint density at radius 3 is 0.692 bits per heavy atom. The van der Waals surface area contributed by atoms with Crippen LogP contribution >= 0.6 is 45.3 Å². The Kier molecular flexibility index (Phi) is 21.3. The van der Waals surface area contributed by atoms with Crippen molar-refractivity contribution in [3.8, 4) is 101 Å². The van der Waals surface area contributed by atoms with Crippen LogP contribution in [0.2, 0.25) is 0 Å². The van der Waals surface area contributed by atoms with Gasteiger partial charge in [0.2, 0.25) is 5.95 Å². The highest BCUT2D eigenvalue weighted by Crippen LogP contribution is 2.49. The number of para-hydroxylation sites is 4. The Labute approximate surface area is 856 Å². The van der Waals surface area contributed by atoms with E-state index >= 15 is 0 Å². The van der Waals surface area contributed by atoms with Gasteiger partial charge < -0.3 is 13.7 Å². The Bertz CT molecular complexity index is 9610. The molecule has 31 rings (SSSR count). The summed E-state index contributed by atoms with van der Waals surface area (Å²) in [6, 6.07) is 185. The fraction of sp³-hybridized carbons (Fsp3) is 0. The molecule has 0 unspecified atom stereocenters. The third kappa shape index (κ3) is 15.2. The maximum atomic E-state index is 5.16. The maximum absolute atomic E-state index is 5.16. The van der Waals surface area contributed by atoms with Gasteiger partial charge in [0.15, 0.2) is 0 Å². The van der Waals surface area contributed by atoms with Crippen molar-refractivity contribution in [2.45, 2.75) is 0 Å². The van der Waals surface area contributed by atoms with Gasteiger partial charge in [-0.1, -0.05) is 370 Å². The van der Waals surface area contributed by atoms with Crippen LogP contribution in [0.25, 0.3) is 269 Å². The molecule has 0 aliphatic rings. The van der Waals surface area contributed by atoms with Crippen LogP contribution in [0.4, 0.5) is 0 Å². The lowest BCUT2D eigenvalue weighted by Gasteiger charge is -2.14. The fourth-order valence-electron chi connectivity index (χ4n) is 21.8. The first kappa shape index (κ1) is 85.9. The van der Waals surface area contributed by atoms with E-state index in [0.29, 0.717) is 5.95 Å². The highest BCUT2D eigenvalue weighted by atomic mass is 32.1. The van der Waals surface area contributed by atoms with Crippen LogP contribution in [0.1, 0.15) is 0 Å². The smallest absolute Gasteiger partial charge is 0.235 e. The van der Waals surface area contributed by atoms with E-state index in [1.165, 1.54) is 202 Å². The molecule has 11 heteroatoms. The summed E-state index contributed by atoms with van der Waals surface area (Å²) in [5, 5.41) is 20.7. The number of aromatic nitrogens is 7. The minimum atomic E-state index is 0.676. The second-order valence-corrected chi connectivity index (χ2v) is 41.5. The summed E-state index contributed by atoms with van der Waals surface area (Å²) in [5.41, 5.74) is 28.5. The van der Waals surface area contributed by atoms with Gasteiger partial charge in [0.25, 0.3) is 0 Å². The molecule has 0 saturated heterocycles. The van der Waals surface area contributed by atoms with Crippen molar-refractivity contribution in [1.82, 2.24) is 33.2 Å². The van der Waals surface area contributed by atoms with Crippen LogP contribution in [0, 0.1) is 0 Å². The second-order valence-electron chi connectivity index (χ2n) is 37.2. The van der Waals surface area contributed by atoms with Gasteiger partial charge in [-0.05, 0) is 179 Å². The molecule has 0 spiro atoms. The normalized spacial score (nSPS) is 11.7. The van der Waals surface area contributed by atoms with E-state index in [1.807, 2.05) is 57.5 Å². The van der Waals surface area contributed by atoms with Gasteiger partial charge in [-0.2, -0.15) is 0 Å². The van der Waals surface area contributed by atoms with E-state index in [-0.39, 0.29) is 0 Å². The largest absolute Gasteiger partial charge is 0.309 e. The Balaban J connectivity index is 0.0000000945. The Hall–Kier alpha value is -18.1. The molecule has 146 heavy (non-hydrogen) atoms. The molecule has 0 atom stereocenters.